The molecule has 0 fully saturated rings. The van der Waals surface area contributed by atoms with Crippen LogP contribution in [-0.4, -0.2) is 23.7 Å². The lowest BCUT2D eigenvalue weighted by Crippen LogP contribution is -2.11. The van der Waals surface area contributed by atoms with Crippen LogP contribution in [0.5, 0.6) is 0 Å². The van der Waals surface area contributed by atoms with Crippen molar-refractivity contribution in [3.05, 3.63) is 96.1 Å². The van der Waals surface area contributed by atoms with Gasteiger partial charge in [0, 0.05) is 17.7 Å². The summed E-state index contributed by atoms with van der Waals surface area (Å²) in [4.78, 5) is 4.48. The van der Waals surface area contributed by atoms with E-state index in [-0.39, 0.29) is 5.41 Å². The van der Waals surface area contributed by atoms with Crippen LogP contribution in [-0.2, 0) is 5.41 Å². The molecule has 0 spiro atoms. The van der Waals surface area contributed by atoms with E-state index in [0.29, 0.717) is 6.54 Å². The van der Waals surface area contributed by atoms with Crippen molar-refractivity contribution in [1.82, 2.24) is 0 Å². The number of aliphatic imine (C=N–C) groups is 1. The summed E-state index contributed by atoms with van der Waals surface area (Å²) in [6.45, 7) is 31.1. The van der Waals surface area contributed by atoms with Gasteiger partial charge in [-0.15, -0.1) is 0 Å². The summed E-state index contributed by atoms with van der Waals surface area (Å²) in [5, 5.41) is 8.90. The highest BCUT2D eigenvalue weighted by molar-refractivity contribution is 6.13. The van der Waals surface area contributed by atoms with Gasteiger partial charge >= 0.3 is 0 Å². The van der Waals surface area contributed by atoms with Gasteiger partial charge in [-0.2, -0.15) is 10.2 Å². The van der Waals surface area contributed by atoms with E-state index in [0.717, 1.165) is 33.8 Å². The van der Waals surface area contributed by atoms with Crippen molar-refractivity contribution in [2.45, 2.75) is 81.6 Å². The molecule has 2 aromatic rings. The summed E-state index contributed by atoms with van der Waals surface area (Å²) >= 11 is 0. The molecule has 35 heavy (non-hydrogen) atoms. The third kappa shape index (κ3) is 11.8. The Hall–Kier alpha value is -3.07. The molecule has 0 aliphatic carbocycles. The second-order valence-corrected chi connectivity index (χ2v) is 7.85. The Morgan fingerprint density at radius 3 is 1.66 bits per heavy atom. The van der Waals surface area contributed by atoms with Crippen molar-refractivity contribution in [3.8, 4) is 0 Å². The largest absolute Gasteiger partial charge is 0.285 e. The number of rotatable bonds is 7. The van der Waals surface area contributed by atoms with Gasteiger partial charge in [-0.25, -0.2) is 0 Å². The number of hydrogen-bond acceptors (Lipinski definition) is 3. The van der Waals surface area contributed by atoms with Crippen molar-refractivity contribution >= 4 is 17.1 Å². The van der Waals surface area contributed by atoms with E-state index < -0.39 is 0 Å². The number of nitrogens with zero attached hydrogens (tertiary/aromatic N) is 3. The zero-order valence-electron chi connectivity index (χ0n) is 24.2. The highest BCUT2D eigenvalue weighted by atomic mass is 15.2. The zero-order valence-corrected chi connectivity index (χ0v) is 24.2. The quantitative estimate of drug-likeness (QED) is 0.282. The fourth-order valence-electron chi connectivity index (χ4n) is 2.90. The Bertz CT molecular complexity index is 953. The first-order chi connectivity index (χ1) is 16.8. The number of allylic oxidation sites excluding steroid dienone is 2. The molecule has 0 aliphatic heterocycles. The molecular weight excluding hydrogens is 426 g/mol. The molecule has 3 nitrogen and oxygen atoms in total. The summed E-state index contributed by atoms with van der Waals surface area (Å²) < 4.78 is 0. The van der Waals surface area contributed by atoms with Crippen LogP contribution in [0.3, 0.4) is 0 Å². The maximum Gasteiger partial charge on any atom is 0.0923 e. The normalized spacial score (nSPS) is 11.6. The van der Waals surface area contributed by atoms with Gasteiger partial charge in [0.15, 0.2) is 0 Å². The van der Waals surface area contributed by atoms with Crippen LogP contribution in [0.25, 0.3) is 0 Å². The van der Waals surface area contributed by atoms with E-state index in [2.05, 4.69) is 73.4 Å². The average molecular weight is 476 g/mol. The molecule has 0 aliphatic rings. The minimum absolute atomic E-state index is 0.133. The third-order valence-corrected chi connectivity index (χ3v) is 4.65. The fourth-order valence-corrected chi connectivity index (χ4v) is 2.90. The number of hydrogen-bond donors (Lipinski definition) is 0. The van der Waals surface area contributed by atoms with Gasteiger partial charge in [0.25, 0.3) is 0 Å². The zero-order chi connectivity index (χ0) is 27.4. The second kappa shape index (κ2) is 19.3. The van der Waals surface area contributed by atoms with Crippen LogP contribution in [0.1, 0.15) is 98.4 Å². The lowest BCUT2D eigenvalue weighted by molar-refractivity contribution is 0.590. The third-order valence-electron chi connectivity index (χ3n) is 4.65. The number of benzene rings is 2. The molecule has 0 saturated carbocycles. The van der Waals surface area contributed by atoms with Crippen LogP contribution in [0.2, 0.25) is 0 Å². The molecule has 0 amide bonds. The molecule has 0 unspecified atom stereocenters. The summed E-state index contributed by atoms with van der Waals surface area (Å²) in [7, 11) is 0. The Balaban J connectivity index is 0. The average Bonchev–Trinajstić information content (AvgIpc) is 2.90. The van der Waals surface area contributed by atoms with Crippen molar-refractivity contribution in [3.63, 3.8) is 0 Å². The smallest absolute Gasteiger partial charge is 0.0923 e. The molecule has 0 radical (unpaired) electrons. The van der Waals surface area contributed by atoms with Gasteiger partial charge in [-0.3, -0.25) is 4.99 Å². The molecule has 0 aromatic heterocycles. The predicted octanol–water partition coefficient (Wildman–Crippen LogP) is 9.46. The van der Waals surface area contributed by atoms with Crippen molar-refractivity contribution < 1.29 is 0 Å². The molecule has 2 aromatic carbocycles. The minimum atomic E-state index is 0.133. The first kappa shape index (κ1) is 34.1. The monoisotopic (exact) mass is 475 g/mol. The van der Waals surface area contributed by atoms with E-state index >= 15 is 0 Å². The maximum atomic E-state index is 4.48. The fraction of sp³-hybridized carbons (Fsp3) is 0.406. The lowest BCUT2D eigenvalue weighted by Gasteiger charge is -2.19. The molecule has 192 valence electrons. The van der Waals surface area contributed by atoms with E-state index in [1.165, 1.54) is 5.56 Å². The molecule has 0 atom stereocenters. The Kier molecular flexibility index (Phi) is 18.8. The highest BCUT2D eigenvalue weighted by Crippen LogP contribution is 2.22. The molecule has 2 rings (SSSR count). The van der Waals surface area contributed by atoms with Gasteiger partial charge < -0.3 is 0 Å². The first-order valence-corrected chi connectivity index (χ1v) is 12.9. The molecule has 0 bridgehead atoms. The van der Waals surface area contributed by atoms with Crippen LogP contribution < -0.4 is 0 Å². The predicted molar refractivity (Wildman–Crippen MR) is 162 cm³/mol. The van der Waals surface area contributed by atoms with Crippen molar-refractivity contribution in [2.75, 3.05) is 6.54 Å². The molecule has 0 saturated heterocycles. The molecule has 3 heteroatoms. The summed E-state index contributed by atoms with van der Waals surface area (Å²) in [5.74, 6) is 0. The Labute approximate surface area is 216 Å². The van der Waals surface area contributed by atoms with E-state index in [9.17, 15) is 0 Å². The van der Waals surface area contributed by atoms with Gasteiger partial charge in [-0.1, -0.05) is 118 Å². The van der Waals surface area contributed by atoms with Gasteiger partial charge in [0.05, 0.1) is 17.1 Å². The maximum absolute atomic E-state index is 4.48. The van der Waals surface area contributed by atoms with Gasteiger partial charge in [-0.05, 0) is 48.6 Å². The van der Waals surface area contributed by atoms with E-state index in [1.54, 1.807) is 12.2 Å². The second-order valence-electron chi connectivity index (χ2n) is 7.85. The summed E-state index contributed by atoms with van der Waals surface area (Å²) in [6.07, 6.45) is 3.50. The molecule has 0 heterocycles. The Morgan fingerprint density at radius 1 is 0.743 bits per heavy atom. The standard InChI is InChI=1S/C26H31N3.3C2H6/c1-8-24(27-10-3)21-12-11-13-22(18-21)25(9-2)29-28-19(4)20-14-16-23(17-15-20)26(5,6)7;3*1-2/h8-9,11-18H,1-2,10H2,3-7H3;3*1-2H3/b27-24?,28-19+,29-25+;;;. The molecule has 0 N–H and O–H groups in total. The van der Waals surface area contributed by atoms with E-state index in [4.69, 9.17) is 0 Å². The molecular formula is C32H49N3. The highest BCUT2D eigenvalue weighted by Gasteiger charge is 2.13. The Morgan fingerprint density at radius 2 is 1.23 bits per heavy atom. The van der Waals surface area contributed by atoms with E-state index in [1.807, 2.05) is 79.7 Å². The van der Waals surface area contributed by atoms with Crippen molar-refractivity contribution in [2.24, 2.45) is 15.2 Å². The topological polar surface area (TPSA) is 37.1 Å². The summed E-state index contributed by atoms with van der Waals surface area (Å²) in [5.41, 5.74) is 6.90. The van der Waals surface area contributed by atoms with Crippen molar-refractivity contribution in [1.29, 1.82) is 0 Å². The van der Waals surface area contributed by atoms with Crippen LogP contribution in [0.15, 0.2) is 89.0 Å². The van der Waals surface area contributed by atoms with Crippen LogP contribution >= 0.6 is 0 Å². The summed E-state index contributed by atoms with van der Waals surface area (Å²) in [6, 6.07) is 16.5. The first-order valence-electron chi connectivity index (χ1n) is 12.9. The van der Waals surface area contributed by atoms with Crippen LogP contribution in [0, 0.1) is 0 Å². The van der Waals surface area contributed by atoms with Crippen LogP contribution in [0.4, 0.5) is 0 Å². The SMILES string of the molecule is C=CC(=NCC)c1cccc(/C(C=C)=N/N=C(\C)c2ccc(C(C)(C)C)cc2)c1.CC.CC.CC. The van der Waals surface area contributed by atoms with Gasteiger partial charge in [0.2, 0.25) is 0 Å². The lowest BCUT2D eigenvalue weighted by atomic mass is 9.86. The minimum Gasteiger partial charge on any atom is -0.285 e. The van der Waals surface area contributed by atoms with Gasteiger partial charge in [0.1, 0.15) is 0 Å².